The van der Waals surface area contributed by atoms with Gasteiger partial charge < -0.3 is 15.6 Å². The molecule has 2 rings (SSSR count). The first kappa shape index (κ1) is 14.1. The van der Waals surface area contributed by atoms with Crippen LogP contribution in [0.15, 0.2) is 22.2 Å². The lowest BCUT2D eigenvalue weighted by atomic mass is 10.1. The van der Waals surface area contributed by atoms with Gasteiger partial charge >= 0.3 is 5.69 Å². The molecule has 0 amide bonds. The van der Waals surface area contributed by atoms with E-state index in [-0.39, 0.29) is 16.7 Å². The van der Waals surface area contributed by atoms with E-state index in [0.29, 0.717) is 0 Å². The molecule has 1 unspecified atom stereocenters. The monoisotopic (exact) mass is 378 g/mol. The van der Waals surface area contributed by atoms with Crippen LogP contribution in [0.1, 0.15) is 12.6 Å². The average molecular weight is 378 g/mol. The Morgan fingerprint density at radius 1 is 1.84 bits per heavy atom. The number of alkyl halides is 1. The van der Waals surface area contributed by atoms with E-state index in [1.807, 2.05) is 22.6 Å². The molecule has 1 fully saturated rings. The molecule has 10 heteroatoms. The molecular weight excluding hydrogens is 367 g/mol. The van der Waals surface area contributed by atoms with Gasteiger partial charge in [0.2, 0.25) is 0 Å². The maximum absolute atomic E-state index is 11.7. The zero-order chi connectivity index (χ0) is 14.0. The summed E-state index contributed by atoms with van der Waals surface area (Å²) in [6, 6.07) is 1.45. The Hall–Kier alpha value is -1.36. The molecule has 1 aliphatic rings. The van der Waals surface area contributed by atoms with Crippen LogP contribution >= 0.6 is 22.6 Å². The summed E-state index contributed by atoms with van der Waals surface area (Å²) in [6.45, 7) is 0. The van der Waals surface area contributed by atoms with Gasteiger partial charge in [0.25, 0.3) is 0 Å². The van der Waals surface area contributed by atoms with E-state index in [1.165, 1.54) is 16.8 Å². The van der Waals surface area contributed by atoms with E-state index >= 15 is 0 Å². The van der Waals surface area contributed by atoms with Crippen molar-refractivity contribution in [2.24, 2.45) is 5.11 Å². The van der Waals surface area contributed by atoms with Gasteiger partial charge in [-0.2, -0.15) is 4.98 Å². The van der Waals surface area contributed by atoms with Crippen LogP contribution in [-0.2, 0) is 4.74 Å². The van der Waals surface area contributed by atoms with E-state index in [4.69, 9.17) is 16.0 Å². The molecular formula is C9H11IN6O3. The molecule has 19 heavy (non-hydrogen) atoms. The quantitative estimate of drug-likeness (QED) is 0.260. The van der Waals surface area contributed by atoms with Gasteiger partial charge in [-0.1, -0.05) is 27.7 Å². The molecule has 1 aromatic heterocycles. The van der Waals surface area contributed by atoms with Crippen molar-refractivity contribution in [3.63, 3.8) is 0 Å². The molecule has 9 nitrogen and oxygen atoms in total. The lowest BCUT2D eigenvalue weighted by Crippen LogP contribution is -2.38. The van der Waals surface area contributed by atoms with Gasteiger partial charge in [0.1, 0.15) is 12.0 Å². The molecule has 0 radical (unpaired) electrons. The van der Waals surface area contributed by atoms with Gasteiger partial charge in [-0.05, 0) is 11.6 Å². The molecule has 1 aliphatic heterocycles. The fourth-order valence-electron chi connectivity index (χ4n) is 1.87. The second kappa shape index (κ2) is 5.33. The number of azide groups is 1. The highest BCUT2D eigenvalue weighted by Gasteiger charge is 2.48. The second-order valence-corrected chi connectivity index (χ2v) is 4.80. The van der Waals surface area contributed by atoms with Crippen LogP contribution in [0.25, 0.3) is 10.4 Å². The highest BCUT2D eigenvalue weighted by atomic mass is 127. The molecule has 1 aromatic rings. The number of hydrogen-bond donors (Lipinski definition) is 2. The average Bonchev–Trinajstić information content (AvgIpc) is 2.67. The summed E-state index contributed by atoms with van der Waals surface area (Å²) in [4.78, 5) is 18.0. The molecule has 0 saturated carbocycles. The maximum Gasteiger partial charge on any atom is 0.351 e. The highest BCUT2D eigenvalue weighted by molar-refractivity contribution is 14.1. The van der Waals surface area contributed by atoms with E-state index in [9.17, 15) is 9.90 Å². The predicted molar refractivity (Wildman–Crippen MR) is 74.4 cm³/mol. The van der Waals surface area contributed by atoms with Crippen LogP contribution in [0.4, 0.5) is 5.82 Å². The van der Waals surface area contributed by atoms with E-state index in [1.54, 1.807) is 0 Å². The summed E-state index contributed by atoms with van der Waals surface area (Å²) >= 11 is 1.95. The minimum Gasteiger partial charge on any atom is -0.390 e. The van der Waals surface area contributed by atoms with Gasteiger partial charge in [0, 0.05) is 22.0 Å². The number of hydrogen-bond acceptors (Lipinski definition) is 6. The second-order valence-electron chi connectivity index (χ2n) is 4.03. The van der Waals surface area contributed by atoms with Crippen LogP contribution in [0.2, 0.25) is 0 Å². The number of aliphatic hydroxyl groups is 1. The predicted octanol–water partition coefficient (Wildman–Crippen LogP) is 0.547. The van der Waals surface area contributed by atoms with Crippen LogP contribution in [-0.4, -0.2) is 30.9 Å². The number of anilines is 1. The van der Waals surface area contributed by atoms with Crippen LogP contribution in [0.3, 0.4) is 0 Å². The fraction of sp³-hybridized carbons (Fsp3) is 0.556. The summed E-state index contributed by atoms with van der Waals surface area (Å²) in [5, 5.41) is 13.5. The van der Waals surface area contributed by atoms with Crippen LogP contribution < -0.4 is 11.4 Å². The molecule has 2 heterocycles. The molecule has 0 aliphatic carbocycles. The van der Waals surface area contributed by atoms with Crippen molar-refractivity contribution in [2.45, 2.75) is 24.5 Å². The Morgan fingerprint density at radius 2 is 2.58 bits per heavy atom. The van der Waals surface area contributed by atoms with Gasteiger partial charge in [-0.25, -0.2) is 4.79 Å². The zero-order valence-electron chi connectivity index (χ0n) is 9.68. The topological polar surface area (TPSA) is 139 Å². The zero-order valence-corrected chi connectivity index (χ0v) is 11.8. The summed E-state index contributed by atoms with van der Waals surface area (Å²) in [5.74, 6) is 0.106. The lowest BCUT2D eigenvalue weighted by Gasteiger charge is -2.24. The molecule has 0 bridgehead atoms. The summed E-state index contributed by atoms with van der Waals surface area (Å²) in [7, 11) is 0. The van der Waals surface area contributed by atoms with Crippen molar-refractivity contribution in [1.29, 1.82) is 0 Å². The first-order valence-corrected chi connectivity index (χ1v) is 6.88. The summed E-state index contributed by atoms with van der Waals surface area (Å²) in [6.07, 6.45) is -0.166. The molecule has 0 aromatic carbocycles. The van der Waals surface area contributed by atoms with E-state index in [2.05, 4.69) is 15.0 Å². The Kier molecular flexibility index (Phi) is 3.94. The third-order valence-electron chi connectivity index (χ3n) is 2.85. The van der Waals surface area contributed by atoms with Crippen molar-refractivity contribution >= 4 is 28.4 Å². The minimum absolute atomic E-state index is 0.106. The first-order valence-electron chi connectivity index (χ1n) is 5.35. The Morgan fingerprint density at radius 3 is 3.16 bits per heavy atom. The van der Waals surface area contributed by atoms with Gasteiger partial charge in [-0.15, -0.1) is 0 Å². The summed E-state index contributed by atoms with van der Waals surface area (Å²) < 4.78 is 7.04. The van der Waals surface area contributed by atoms with Crippen molar-refractivity contribution in [1.82, 2.24) is 9.55 Å². The molecule has 102 valence electrons. The van der Waals surface area contributed by atoms with Gasteiger partial charge in [0.15, 0.2) is 5.72 Å². The largest absolute Gasteiger partial charge is 0.390 e. The van der Waals surface area contributed by atoms with E-state index in [0.717, 1.165) is 0 Å². The number of nitrogen functional groups attached to an aromatic ring is 1. The van der Waals surface area contributed by atoms with Crippen LogP contribution in [0, 0.1) is 0 Å². The fourth-order valence-corrected chi connectivity index (χ4v) is 2.71. The van der Waals surface area contributed by atoms with E-state index < -0.39 is 23.7 Å². The number of nitrogens with zero attached hydrogens (tertiary/aromatic N) is 5. The number of nitrogens with two attached hydrogens (primary N) is 1. The van der Waals surface area contributed by atoms with Gasteiger partial charge in [0.05, 0.1) is 6.10 Å². The normalized spacial score (nSPS) is 30.0. The number of halogens is 1. The standard InChI is InChI=1S/C9H11IN6O3/c10-4-9(14-15-12)5(17)3-7(19-9)16-2-1-6(11)13-8(16)18/h1-2,5,7,17H,3-4H2,(H2,11,13,18)/t5?,7-,9-/m1/s1. The Balaban J connectivity index is 2.35. The van der Waals surface area contributed by atoms with Crippen LogP contribution in [0.5, 0.6) is 0 Å². The Labute approximate surface area is 121 Å². The molecule has 1 saturated heterocycles. The number of ether oxygens (including phenoxy) is 1. The van der Waals surface area contributed by atoms with Crippen molar-refractivity contribution in [3.8, 4) is 0 Å². The molecule has 0 spiro atoms. The number of rotatable bonds is 3. The van der Waals surface area contributed by atoms with Crippen molar-refractivity contribution < 1.29 is 9.84 Å². The molecule has 3 atom stereocenters. The Bertz CT molecular complexity index is 586. The first-order chi connectivity index (χ1) is 9.02. The SMILES string of the molecule is [N-]=[N+]=N[C@]1(CI)O[C@@H](n2ccc(N)nc2=O)CC1O. The third-order valence-corrected chi connectivity index (χ3v) is 3.95. The number of aromatic nitrogens is 2. The van der Waals surface area contributed by atoms with Crippen molar-refractivity contribution in [3.05, 3.63) is 33.2 Å². The minimum atomic E-state index is -1.36. The lowest BCUT2D eigenvalue weighted by molar-refractivity contribution is -0.0819. The smallest absolute Gasteiger partial charge is 0.351 e. The maximum atomic E-state index is 11.7. The molecule has 3 N–H and O–H groups in total. The number of aliphatic hydroxyl groups excluding tert-OH is 1. The highest BCUT2D eigenvalue weighted by Crippen LogP contribution is 2.38. The van der Waals surface area contributed by atoms with Gasteiger partial charge in [-0.3, -0.25) is 4.57 Å². The third kappa shape index (κ3) is 2.52. The summed E-state index contributed by atoms with van der Waals surface area (Å²) in [5.41, 5.74) is 12.0. The van der Waals surface area contributed by atoms with Crippen molar-refractivity contribution in [2.75, 3.05) is 10.2 Å².